The number of carbonyl (C=O) groups excluding carboxylic acids is 1. The van der Waals surface area contributed by atoms with Gasteiger partial charge in [-0.15, -0.1) is 0 Å². The molecule has 0 saturated carbocycles. The first kappa shape index (κ1) is 15.3. The average molecular weight is 278 g/mol. The Hall–Kier alpha value is -1.12. The van der Waals surface area contributed by atoms with Crippen molar-refractivity contribution in [3.05, 3.63) is 0 Å². The van der Waals surface area contributed by atoms with Crippen LogP contribution in [-0.4, -0.2) is 48.6 Å². The number of likely N-dealkylation sites (tertiary alicyclic amines) is 1. The van der Waals surface area contributed by atoms with Crippen molar-refractivity contribution in [1.29, 1.82) is 5.26 Å². The van der Waals surface area contributed by atoms with Crippen LogP contribution in [-0.2, 0) is 4.79 Å². The molecule has 0 spiro atoms. The van der Waals surface area contributed by atoms with E-state index in [0.717, 1.165) is 51.7 Å². The lowest BCUT2D eigenvalue weighted by Crippen LogP contribution is -2.52. The first-order valence-corrected chi connectivity index (χ1v) is 7.90. The molecule has 0 aromatic carbocycles. The number of nitrogens with zero attached hydrogens (tertiary/aromatic N) is 2. The summed E-state index contributed by atoms with van der Waals surface area (Å²) < 4.78 is 0. The van der Waals surface area contributed by atoms with Crippen LogP contribution in [0, 0.1) is 11.3 Å². The van der Waals surface area contributed by atoms with Gasteiger partial charge in [0.2, 0.25) is 5.91 Å². The second-order valence-electron chi connectivity index (χ2n) is 5.85. The van der Waals surface area contributed by atoms with Gasteiger partial charge in [-0.2, -0.15) is 5.26 Å². The summed E-state index contributed by atoms with van der Waals surface area (Å²) in [5.41, 5.74) is 0. The minimum atomic E-state index is 0.00275. The molecule has 2 rings (SSSR count). The van der Waals surface area contributed by atoms with E-state index in [2.05, 4.69) is 21.6 Å². The summed E-state index contributed by atoms with van der Waals surface area (Å²) in [5.74, 6) is 0.128. The van der Waals surface area contributed by atoms with E-state index in [1.54, 1.807) is 0 Å². The first-order valence-electron chi connectivity index (χ1n) is 7.90. The van der Waals surface area contributed by atoms with Gasteiger partial charge in [-0.1, -0.05) is 6.92 Å². The summed E-state index contributed by atoms with van der Waals surface area (Å²) in [4.78, 5) is 14.9. The van der Waals surface area contributed by atoms with E-state index < -0.39 is 0 Å². The summed E-state index contributed by atoms with van der Waals surface area (Å²) in [7, 11) is 0. The predicted octanol–water partition coefficient (Wildman–Crippen LogP) is 1.01. The van der Waals surface area contributed by atoms with Gasteiger partial charge in [0.1, 0.15) is 0 Å². The van der Waals surface area contributed by atoms with Crippen molar-refractivity contribution < 1.29 is 4.79 Å². The van der Waals surface area contributed by atoms with Gasteiger partial charge < -0.3 is 10.6 Å². The highest BCUT2D eigenvalue weighted by molar-refractivity contribution is 5.82. The van der Waals surface area contributed by atoms with E-state index in [1.807, 2.05) is 6.92 Å². The zero-order valence-corrected chi connectivity index (χ0v) is 12.4. The van der Waals surface area contributed by atoms with Crippen molar-refractivity contribution in [2.75, 3.05) is 19.6 Å². The van der Waals surface area contributed by atoms with Crippen molar-refractivity contribution in [3.8, 4) is 6.07 Å². The highest BCUT2D eigenvalue weighted by Crippen LogP contribution is 2.24. The van der Waals surface area contributed by atoms with Gasteiger partial charge in [-0.25, -0.2) is 0 Å². The molecule has 0 aliphatic carbocycles. The molecule has 5 nitrogen and oxygen atoms in total. The third-order valence-electron chi connectivity index (χ3n) is 4.55. The van der Waals surface area contributed by atoms with Gasteiger partial charge in [0.05, 0.1) is 18.5 Å². The van der Waals surface area contributed by atoms with E-state index in [-0.39, 0.29) is 18.0 Å². The smallest absolute Gasteiger partial charge is 0.237 e. The maximum atomic E-state index is 12.5. The fourth-order valence-electron chi connectivity index (χ4n) is 3.35. The van der Waals surface area contributed by atoms with Crippen LogP contribution in [0.25, 0.3) is 0 Å². The average Bonchev–Trinajstić information content (AvgIpc) is 2.97. The molecule has 0 radical (unpaired) electrons. The molecule has 2 fully saturated rings. The quantitative estimate of drug-likeness (QED) is 0.787. The van der Waals surface area contributed by atoms with Crippen molar-refractivity contribution in [2.45, 2.75) is 63.6 Å². The molecule has 0 aromatic heterocycles. The fraction of sp³-hybridized carbons (Fsp3) is 0.867. The Morgan fingerprint density at radius 1 is 1.45 bits per heavy atom. The van der Waals surface area contributed by atoms with Crippen molar-refractivity contribution >= 4 is 5.91 Å². The number of rotatable bonds is 5. The van der Waals surface area contributed by atoms with Gasteiger partial charge in [0, 0.05) is 12.1 Å². The Morgan fingerprint density at radius 3 is 2.85 bits per heavy atom. The van der Waals surface area contributed by atoms with Gasteiger partial charge in [-0.05, 0) is 51.7 Å². The number of nitrogens with one attached hydrogen (secondary N) is 2. The normalized spacial score (nSPS) is 26.1. The molecule has 112 valence electrons. The molecule has 2 aliphatic heterocycles. The summed E-state index contributed by atoms with van der Waals surface area (Å²) in [6.45, 7) is 5.17. The summed E-state index contributed by atoms with van der Waals surface area (Å²) in [6, 6.07) is 2.72. The molecular weight excluding hydrogens is 252 g/mol. The van der Waals surface area contributed by atoms with E-state index in [1.165, 1.54) is 0 Å². The second-order valence-corrected chi connectivity index (χ2v) is 5.85. The van der Waals surface area contributed by atoms with E-state index in [0.29, 0.717) is 12.5 Å². The number of piperidine rings is 1. The number of amides is 1. The molecule has 2 unspecified atom stereocenters. The minimum absolute atomic E-state index is 0.00275. The third kappa shape index (κ3) is 3.71. The molecule has 2 saturated heterocycles. The Kier molecular flexibility index (Phi) is 5.81. The molecule has 0 aromatic rings. The minimum Gasteiger partial charge on any atom is -0.351 e. The van der Waals surface area contributed by atoms with Gasteiger partial charge >= 0.3 is 0 Å². The van der Waals surface area contributed by atoms with Gasteiger partial charge in [-0.3, -0.25) is 9.69 Å². The van der Waals surface area contributed by atoms with Crippen molar-refractivity contribution in [2.24, 2.45) is 0 Å². The van der Waals surface area contributed by atoms with Crippen LogP contribution in [0.15, 0.2) is 0 Å². The molecular formula is C15H26N4O. The third-order valence-corrected chi connectivity index (χ3v) is 4.55. The maximum Gasteiger partial charge on any atom is 0.237 e. The lowest BCUT2D eigenvalue weighted by molar-refractivity contribution is -0.127. The predicted molar refractivity (Wildman–Crippen MR) is 78.1 cm³/mol. The summed E-state index contributed by atoms with van der Waals surface area (Å²) >= 11 is 0. The fourth-order valence-corrected chi connectivity index (χ4v) is 3.35. The van der Waals surface area contributed by atoms with Crippen molar-refractivity contribution in [1.82, 2.24) is 15.5 Å². The van der Waals surface area contributed by atoms with Crippen molar-refractivity contribution in [3.63, 3.8) is 0 Å². The molecule has 2 N–H and O–H groups in total. The van der Waals surface area contributed by atoms with Gasteiger partial charge in [0.25, 0.3) is 0 Å². The Bertz CT molecular complexity index is 359. The first-order chi connectivity index (χ1) is 9.76. The van der Waals surface area contributed by atoms with Crippen LogP contribution in [0.4, 0.5) is 0 Å². The van der Waals surface area contributed by atoms with Gasteiger partial charge in [0.15, 0.2) is 0 Å². The van der Waals surface area contributed by atoms with E-state index >= 15 is 0 Å². The lowest BCUT2D eigenvalue weighted by Gasteiger charge is -2.35. The monoisotopic (exact) mass is 278 g/mol. The number of hydrogen-bond acceptors (Lipinski definition) is 4. The Balaban J connectivity index is 1.92. The Labute approximate surface area is 121 Å². The molecule has 2 heterocycles. The summed E-state index contributed by atoms with van der Waals surface area (Å²) in [5, 5.41) is 15.2. The van der Waals surface area contributed by atoms with Crippen LogP contribution in [0.2, 0.25) is 0 Å². The van der Waals surface area contributed by atoms with Crippen LogP contribution < -0.4 is 10.6 Å². The zero-order chi connectivity index (χ0) is 14.4. The standard InChI is InChI=1S/C15H26N4O/c1-2-12(5-8-16)18-15(20)14-4-3-11-19(14)13-6-9-17-10-7-13/h12-14,17H,2-7,9-11H2,1H3,(H,18,20). The molecule has 2 aliphatic rings. The topological polar surface area (TPSA) is 68.2 Å². The van der Waals surface area contributed by atoms with Crippen LogP contribution in [0.5, 0.6) is 0 Å². The van der Waals surface area contributed by atoms with Crippen LogP contribution >= 0.6 is 0 Å². The van der Waals surface area contributed by atoms with Crippen LogP contribution in [0.1, 0.15) is 45.4 Å². The SMILES string of the molecule is CCC(CC#N)NC(=O)C1CCCN1C1CCNCC1. The molecule has 2 atom stereocenters. The summed E-state index contributed by atoms with van der Waals surface area (Å²) in [6.07, 6.45) is 5.57. The largest absolute Gasteiger partial charge is 0.351 e. The highest BCUT2D eigenvalue weighted by Gasteiger charge is 2.36. The lowest BCUT2D eigenvalue weighted by atomic mass is 10.0. The molecule has 20 heavy (non-hydrogen) atoms. The molecule has 0 bridgehead atoms. The second kappa shape index (κ2) is 7.61. The highest BCUT2D eigenvalue weighted by atomic mass is 16.2. The van der Waals surface area contributed by atoms with E-state index in [4.69, 9.17) is 5.26 Å². The number of nitriles is 1. The zero-order valence-electron chi connectivity index (χ0n) is 12.4. The molecule has 1 amide bonds. The maximum absolute atomic E-state index is 12.5. The number of carbonyl (C=O) groups is 1. The molecule has 5 heteroatoms. The number of hydrogen-bond donors (Lipinski definition) is 2. The van der Waals surface area contributed by atoms with Crippen LogP contribution in [0.3, 0.4) is 0 Å². The Morgan fingerprint density at radius 2 is 2.20 bits per heavy atom. The van der Waals surface area contributed by atoms with E-state index in [9.17, 15) is 4.79 Å².